The fourth-order valence-electron chi connectivity index (χ4n) is 3.21. The molecule has 0 aliphatic heterocycles. The molecule has 0 spiro atoms. The molecule has 1 amide bonds. The molecular weight excluding hydrogens is 385 g/mol. The highest BCUT2D eigenvalue weighted by Crippen LogP contribution is 2.40. The van der Waals surface area contributed by atoms with E-state index in [0.717, 1.165) is 16.6 Å². The molecule has 0 saturated heterocycles. The lowest BCUT2D eigenvalue weighted by Gasteiger charge is -2.26. The molecule has 2 aromatic rings. The zero-order valence-corrected chi connectivity index (χ0v) is 17.0. The maximum Gasteiger partial charge on any atom is 0.255 e. The van der Waals surface area contributed by atoms with E-state index >= 15 is 0 Å². The van der Waals surface area contributed by atoms with Crippen LogP contribution in [0.4, 0.5) is 10.1 Å². The predicted octanol–water partition coefficient (Wildman–Crippen LogP) is 6.41. The molecule has 1 aliphatic rings. The van der Waals surface area contributed by atoms with Crippen molar-refractivity contribution in [1.29, 1.82) is 0 Å². The Labute approximate surface area is 168 Å². The molecule has 0 unspecified atom stereocenters. The van der Waals surface area contributed by atoms with E-state index in [1.54, 1.807) is 24.9 Å². The number of anilines is 1. The smallest absolute Gasteiger partial charge is 0.255 e. The average molecular weight is 408 g/mol. The molecule has 0 atom stereocenters. The van der Waals surface area contributed by atoms with Gasteiger partial charge in [0.2, 0.25) is 0 Å². The van der Waals surface area contributed by atoms with Crippen LogP contribution >= 0.6 is 23.4 Å². The molecular formula is C21H23ClFNO2S. The Morgan fingerprint density at radius 1 is 1.19 bits per heavy atom. The van der Waals surface area contributed by atoms with E-state index in [-0.39, 0.29) is 10.9 Å². The van der Waals surface area contributed by atoms with E-state index in [0.29, 0.717) is 16.5 Å². The zero-order chi connectivity index (χ0) is 19.4. The SMILES string of the molecule is COc1ccc(C(=O)Nc2ccc(F)c(Cl)c2)cc1SC1CCC(C)CC1. The highest BCUT2D eigenvalue weighted by atomic mass is 35.5. The normalized spacial score (nSPS) is 19.6. The van der Waals surface area contributed by atoms with Gasteiger partial charge in [0.1, 0.15) is 11.6 Å². The van der Waals surface area contributed by atoms with E-state index in [1.807, 2.05) is 12.1 Å². The molecule has 144 valence electrons. The van der Waals surface area contributed by atoms with Gasteiger partial charge in [-0.15, -0.1) is 11.8 Å². The largest absolute Gasteiger partial charge is 0.496 e. The topological polar surface area (TPSA) is 38.3 Å². The Bertz CT molecular complexity index is 822. The van der Waals surface area contributed by atoms with E-state index < -0.39 is 5.82 Å². The summed E-state index contributed by atoms with van der Waals surface area (Å²) in [6, 6.07) is 9.53. The number of carbonyl (C=O) groups is 1. The van der Waals surface area contributed by atoms with Crippen molar-refractivity contribution in [3.8, 4) is 5.75 Å². The number of hydrogen-bond acceptors (Lipinski definition) is 3. The highest BCUT2D eigenvalue weighted by molar-refractivity contribution is 8.00. The molecule has 3 nitrogen and oxygen atoms in total. The molecule has 3 rings (SSSR count). The lowest BCUT2D eigenvalue weighted by Crippen LogP contribution is -2.15. The molecule has 27 heavy (non-hydrogen) atoms. The molecule has 1 saturated carbocycles. The molecule has 1 fully saturated rings. The molecule has 6 heteroatoms. The van der Waals surface area contributed by atoms with Gasteiger partial charge in [0.25, 0.3) is 5.91 Å². The van der Waals surface area contributed by atoms with Crippen molar-refractivity contribution in [3.63, 3.8) is 0 Å². The number of benzene rings is 2. The third-order valence-corrected chi connectivity index (χ3v) is 6.53. The predicted molar refractivity (Wildman–Crippen MR) is 110 cm³/mol. The van der Waals surface area contributed by atoms with Crippen LogP contribution in [0.2, 0.25) is 5.02 Å². The first-order valence-electron chi connectivity index (χ1n) is 9.07. The van der Waals surface area contributed by atoms with E-state index in [1.165, 1.54) is 43.9 Å². The van der Waals surface area contributed by atoms with Gasteiger partial charge >= 0.3 is 0 Å². The van der Waals surface area contributed by atoms with Crippen molar-refractivity contribution >= 4 is 35.0 Å². The minimum Gasteiger partial charge on any atom is -0.496 e. The Balaban J connectivity index is 1.75. The van der Waals surface area contributed by atoms with Gasteiger partial charge in [0, 0.05) is 16.5 Å². The average Bonchev–Trinajstić information content (AvgIpc) is 2.66. The van der Waals surface area contributed by atoms with Crippen molar-refractivity contribution in [3.05, 3.63) is 52.8 Å². The lowest BCUT2D eigenvalue weighted by atomic mass is 9.91. The van der Waals surface area contributed by atoms with Crippen LogP contribution in [0.15, 0.2) is 41.3 Å². The second-order valence-corrected chi connectivity index (χ2v) is 8.70. The number of nitrogens with one attached hydrogen (secondary N) is 1. The van der Waals surface area contributed by atoms with Crippen LogP contribution in [-0.4, -0.2) is 18.3 Å². The van der Waals surface area contributed by atoms with E-state index in [4.69, 9.17) is 16.3 Å². The minimum atomic E-state index is -0.514. The summed E-state index contributed by atoms with van der Waals surface area (Å²) in [6.07, 6.45) is 4.84. The Kier molecular flexibility index (Phi) is 6.66. The zero-order valence-electron chi connectivity index (χ0n) is 15.4. The Morgan fingerprint density at radius 3 is 2.59 bits per heavy atom. The lowest BCUT2D eigenvalue weighted by molar-refractivity contribution is 0.102. The van der Waals surface area contributed by atoms with Crippen molar-refractivity contribution in [2.75, 3.05) is 12.4 Å². The monoisotopic (exact) mass is 407 g/mol. The second-order valence-electron chi connectivity index (χ2n) is 6.95. The number of rotatable bonds is 5. The van der Waals surface area contributed by atoms with E-state index in [9.17, 15) is 9.18 Å². The fraction of sp³-hybridized carbons (Fsp3) is 0.381. The Morgan fingerprint density at radius 2 is 1.93 bits per heavy atom. The van der Waals surface area contributed by atoms with Crippen LogP contribution in [0.1, 0.15) is 43.0 Å². The standard InChI is InChI=1S/C21H23ClFNO2S/c1-13-3-7-16(8-4-13)27-20-11-14(5-10-19(20)26-2)21(25)24-15-6-9-18(23)17(22)12-15/h5-6,9-13,16H,3-4,7-8H2,1-2H3,(H,24,25). The van der Waals surface area contributed by atoms with Crippen LogP contribution < -0.4 is 10.1 Å². The number of thioether (sulfide) groups is 1. The quantitative estimate of drug-likeness (QED) is 0.622. The van der Waals surface area contributed by atoms with Crippen molar-refractivity contribution < 1.29 is 13.9 Å². The number of methoxy groups -OCH3 is 1. The van der Waals surface area contributed by atoms with E-state index in [2.05, 4.69) is 12.2 Å². The molecule has 2 aromatic carbocycles. The van der Waals surface area contributed by atoms with Crippen LogP contribution in [0, 0.1) is 11.7 Å². The van der Waals surface area contributed by atoms with Gasteiger partial charge in [-0.25, -0.2) is 4.39 Å². The first kappa shape index (κ1) is 20.0. The summed E-state index contributed by atoms with van der Waals surface area (Å²) >= 11 is 7.56. The summed E-state index contributed by atoms with van der Waals surface area (Å²) in [6.45, 7) is 2.30. The first-order chi connectivity index (χ1) is 13.0. The van der Waals surface area contributed by atoms with Crippen LogP contribution in [-0.2, 0) is 0 Å². The van der Waals surface area contributed by atoms with Crippen LogP contribution in [0.3, 0.4) is 0 Å². The maximum atomic E-state index is 13.3. The highest BCUT2D eigenvalue weighted by Gasteiger charge is 2.21. The second kappa shape index (κ2) is 8.98. The molecule has 0 aromatic heterocycles. The third kappa shape index (κ3) is 5.17. The molecule has 1 N–H and O–H groups in total. The number of amides is 1. The number of carbonyl (C=O) groups excluding carboxylic acids is 1. The van der Waals surface area contributed by atoms with Gasteiger partial charge in [0.05, 0.1) is 17.0 Å². The molecule has 0 radical (unpaired) electrons. The maximum absolute atomic E-state index is 13.3. The summed E-state index contributed by atoms with van der Waals surface area (Å²) < 4.78 is 18.8. The molecule has 0 heterocycles. The minimum absolute atomic E-state index is 0.0229. The summed E-state index contributed by atoms with van der Waals surface area (Å²) in [5.74, 6) is 0.794. The number of hydrogen-bond donors (Lipinski definition) is 1. The first-order valence-corrected chi connectivity index (χ1v) is 10.3. The summed E-state index contributed by atoms with van der Waals surface area (Å²) in [7, 11) is 1.64. The number of halogens is 2. The van der Waals surface area contributed by atoms with Gasteiger partial charge in [-0.1, -0.05) is 18.5 Å². The fourth-order valence-corrected chi connectivity index (χ4v) is 4.72. The van der Waals surface area contributed by atoms with Gasteiger partial charge < -0.3 is 10.1 Å². The summed E-state index contributed by atoms with van der Waals surface area (Å²) in [4.78, 5) is 13.6. The van der Waals surface area contributed by atoms with Gasteiger partial charge in [-0.3, -0.25) is 4.79 Å². The van der Waals surface area contributed by atoms with Crippen LogP contribution in [0.25, 0.3) is 0 Å². The Hall–Kier alpha value is -1.72. The molecule has 0 bridgehead atoms. The van der Waals surface area contributed by atoms with Gasteiger partial charge in [-0.2, -0.15) is 0 Å². The number of ether oxygens (including phenoxy) is 1. The molecule has 1 aliphatic carbocycles. The van der Waals surface area contributed by atoms with Gasteiger partial charge in [0.15, 0.2) is 0 Å². The van der Waals surface area contributed by atoms with Crippen molar-refractivity contribution in [2.24, 2.45) is 5.92 Å². The van der Waals surface area contributed by atoms with Crippen molar-refractivity contribution in [1.82, 2.24) is 0 Å². The summed E-state index contributed by atoms with van der Waals surface area (Å²) in [5, 5.41) is 3.28. The summed E-state index contributed by atoms with van der Waals surface area (Å²) in [5.41, 5.74) is 0.987. The van der Waals surface area contributed by atoms with Gasteiger partial charge in [-0.05, 0) is 68.0 Å². The third-order valence-electron chi connectivity index (χ3n) is 4.86. The van der Waals surface area contributed by atoms with Crippen molar-refractivity contribution in [2.45, 2.75) is 42.8 Å². The van der Waals surface area contributed by atoms with Crippen LogP contribution in [0.5, 0.6) is 5.75 Å².